The molecule has 0 saturated carbocycles. The van der Waals surface area contributed by atoms with Crippen LogP contribution in [-0.2, 0) is 14.6 Å². The Balaban J connectivity index is 2.44. The Labute approximate surface area is 128 Å². The first-order chi connectivity index (χ1) is 9.85. The third-order valence-electron chi connectivity index (χ3n) is 3.68. The van der Waals surface area contributed by atoms with Gasteiger partial charge in [0.15, 0.2) is 5.76 Å². The summed E-state index contributed by atoms with van der Waals surface area (Å²) in [4.78, 5) is 8.50. The first-order valence-electron chi connectivity index (χ1n) is 7.19. The zero-order valence-electron chi connectivity index (χ0n) is 13.4. The molecule has 0 N–H and O–H groups in total. The van der Waals surface area contributed by atoms with Gasteiger partial charge in [-0.25, -0.2) is 8.42 Å². The molecule has 0 aliphatic carbocycles. The van der Waals surface area contributed by atoms with Crippen molar-refractivity contribution in [2.75, 3.05) is 52.3 Å². The molecule has 1 aliphatic heterocycles. The van der Waals surface area contributed by atoms with E-state index >= 15 is 0 Å². The maximum atomic E-state index is 11.2. The van der Waals surface area contributed by atoms with E-state index in [1.807, 2.05) is 6.20 Å². The third-order valence-corrected chi connectivity index (χ3v) is 4.66. The summed E-state index contributed by atoms with van der Waals surface area (Å²) in [7, 11) is 0.481. The molecule has 1 unspecified atom stereocenters. The summed E-state index contributed by atoms with van der Waals surface area (Å²) in [6.45, 7) is 5.78. The van der Waals surface area contributed by atoms with Gasteiger partial charge in [0.25, 0.3) is 0 Å². The van der Waals surface area contributed by atoms with Crippen molar-refractivity contribution in [3.05, 3.63) is 12.0 Å². The van der Waals surface area contributed by atoms with Crippen LogP contribution < -0.4 is 0 Å². The van der Waals surface area contributed by atoms with Crippen molar-refractivity contribution in [3.63, 3.8) is 0 Å². The number of piperazine rings is 1. The summed E-state index contributed by atoms with van der Waals surface area (Å²) in [5, 5.41) is 0. The number of nitrogens with zero attached hydrogens (tertiary/aromatic N) is 3. The largest absolute Gasteiger partial charge is 0.494 e. The zero-order chi connectivity index (χ0) is 15.9. The predicted octanol–water partition coefficient (Wildman–Crippen LogP) is 0.616. The number of allylic oxidation sites excluding steroid dienone is 1. The Kier molecular flexibility index (Phi) is 7.17. The fourth-order valence-electron chi connectivity index (χ4n) is 2.32. The number of aliphatic imine (C=N–C) groups is 1. The molecule has 1 saturated heterocycles. The average Bonchev–Trinajstić information content (AvgIpc) is 2.44. The molecular formula is C14H27N3O3S. The second kappa shape index (κ2) is 8.38. The normalized spacial score (nSPS) is 20.0. The maximum Gasteiger partial charge on any atom is 0.152 e. The molecule has 1 rings (SSSR count). The summed E-state index contributed by atoms with van der Waals surface area (Å²) < 4.78 is 27.7. The summed E-state index contributed by atoms with van der Waals surface area (Å²) in [6.07, 6.45) is 5.66. The number of hydrogen-bond acceptors (Lipinski definition) is 6. The highest BCUT2D eigenvalue weighted by atomic mass is 32.2. The number of ether oxygens (including phenoxy) is 1. The van der Waals surface area contributed by atoms with Crippen molar-refractivity contribution < 1.29 is 13.2 Å². The molecule has 1 atom stereocenters. The first kappa shape index (κ1) is 18.0. The van der Waals surface area contributed by atoms with E-state index in [1.54, 1.807) is 20.4 Å². The standard InChI is InChI=1S/C14H27N3O3S/c1-13(5-10-21(4,18)19)17-8-6-16(7-9-17)12-14(20-3)11-15-2/h11-13H,5-10H2,1-4H3/b14-12+,15-11?. The van der Waals surface area contributed by atoms with Crippen molar-refractivity contribution in [3.8, 4) is 0 Å². The van der Waals surface area contributed by atoms with Gasteiger partial charge in [0.2, 0.25) is 0 Å². The van der Waals surface area contributed by atoms with Gasteiger partial charge in [-0.1, -0.05) is 0 Å². The summed E-state index contributed by atoms with van der Waals surface area (Å²) >= 11 is 0. The van der Waals surface area contributed by atoms with Gasteiger partial charge in [0, 0.05) is 51.7 Å². The van der Waals surface area contributed by atoms with Crippen molar-refractivity contribution in [2.45, 2.75) is 19.4 Å². The molecule has 0 aromatic heterocycles. The van der Waals surface area contributed by atoms with Crippen molar-refractivity contribution in [1.29, 1.82) is 0 Å². The third kappa shape index (κ3) is 6.95. The minimum absolute atomic E-state index is 0.259. The summed E-state index contributed by atoms with van der Waals surface area (Å²) in [5.41, 5.74) is 0. The molecule has 0 aromatic rings. The zero-order valence-corrected chi connectivity index (χ0v) is 14.3. The molecule has 1 aliphatic rings. The Bertz CT molecular complexity index is 466. The molecule has 6 nitrogen and oxygen atoms in total. The lowest BCUT2D eigenvalue weighted by atomic mass is 10.2. The molecule has 21 heavy (non-hydrogen) atoms. The van der Waals surface area contributed by atoms with E-state index in [9.17, 15) is 8.42 Å². The van der Waals surface area contributed by atoms with Gasteiger partial charge in [-0.05, 0) is 13.3 Å². The Morgan fingerprint density at radius 3 is 2.43 bits per heavy atom. The van der Waals surface area contributed by atoms with Crippen LogP contribution in [0.2, 0.25) is 0 Å². The lowest BCUT2D eigenvalue weighted by Gasteiger charge is -2.37. The lowest BCUT2D eigenvalue weighted by molar-refractivity contribution is 0.125. The number of sulfone groups is 1. The second-order valence-electron chi connectivity index (χ2n) is 5.46. The van der Waals surface area contributed by atoms with Crippen LogP contribution in [0.15, 0.2) is 17.0 Å². The lowest BCUT2D eigenvalue weighted by Crippen LogP contribution is -2.48. The number of hydrogen-bond donors (Lipinski definition) is 0. The van der Waals surface area contributed by atoms with E-state index < -0.39 is 9.84 Å². The topological polar surface area (TPSA) is 62.2 Å². The molecular weight excluding hydrogens is 290 g/mol. The van der Waals surface area contributed by atoms with Gasteiger partial charge in [-0.3, -0.25) is 9.89 Å². The molecule has 0 spiro atoms. The van der Waals surface area contributed by atoms with Crippen LogP contribution in [0.5, 0.6) is 0 Å². The summed E-state index contributed by atoms with van der Waals surface area (Å²) in [6, 6.07) is 0.296. The smallest absolute Gasteiger partial charge is 0.152 e. The van der Waals surface area contributed by atoms with E-state index in [2.05, 4.69) is 21.7 Å². The quantitative estimate of drug-likeness (QED) is 0.509. The van der Waals surface area contributed by atoms with Crippen LogP contribution in [-0.4, -0.2) is 82.8 Å². The van der Waals surface area contributed by atoms with Crippen molar-refractivity contribution >= 4 is 16.1 Å². The van der Waals surface area contributed by atoms with E-state index in [0.717, 1.165) is 31.9 Å². The van der Waals surface area contributed by atoms with Gasteiger partial charge in [0.05, 0.1) is 19.1 Å². The fraction of sp³-hybridized carbons (Fsp3) is 0.786. The molecule has 1 heterocycles. The number of rotatable bonds is 7. The van der Waals surface area contributed by atoms with Gasteiger partial charge in [-0.15, -0.1) is 0 Å². The van der Waals surface area contributed by atoms with Gasteiger partial charge < -0.3 is 9.64 Å². The van der Waals surface area contributed by atoms with Crippen LogP contribution in [0.3, 0.4) is 0 Å². The number of methoxy groups -OCH3 is 1. The van der Waals surface area contributed by atoms with E-state index in [-0.39, 0.29) is 5.75 Å². The molecule has 0 amide bonds. The monoisotopic (exact) mass is 317 g/mol. The average molecular weight is 317 g/mol. The van der Waals surface area contributed by atoms with Crippen LogP contribution in [0.25, 0.3) is 0 Å². The van der Waals surface area contributed by atoms with Crippen LogP contribution >= 0.6 is 0 Å². The van der Waals surface area contributed by atoms with E-state index in [1.165, 1.54) is 6.26 Å². The molecule has 0 radical (unpaired) electrons. The Morgan fingerprint density at radius 1 is 1.33 bits per heavy atom. The highest BCUT2D eigenvalue weighted by molar-refractivity contribution is 7.90. The molecule has 0 aromatic carbocycles. The highest BCUT2D eigenvalue weighted by Crippen LogP contribution is 2.11. The minimum Gasteiger partial charge on any atom is -0.494 e. The highest BCUT2D eigenvalue weighted by Gasteiger charge is 2.20. The predicted molar refractivity (Wildman–Crippen MR) is 86.4 cm³/mol. The second-order valence-corrected chi connectivity index (χ2v) is 7.72. The van der Waals surface area contributed by atoms with Gasteiger partial charge >= 0.3 is 0 Å². The van der Waals surface area contributed by atoms with Crippen LogP contribution in [0.4, 0.5) is 0 Å². The van der Waals surface area contributed by atoms with Crippen molar-refractivity contribution in [1.82, 2.24) is 9.80 Å². The minimum atomic E-state index is -2.87. The molecule has 1 fully saturated rings. The molecule has 0 bridgehead atoms. The SMILES string of the molecule is CN=C/C(=C\N1CCN(C(C)CCS(C)(=O)=O)CC1)OC. The van der Waals surface area contributed by atoms with Gasteiger partial charge in [-0.2, -0.15) is 0 Å². The van der Waals surface area contributed by atoms with Crippen molar-refractivity contribution in [2.24, 2.45) is 4.99 Å². The summed E-state index contributed by atoms with van der Waals surface area (Å²) in [5.74, 6) is 1.01. The molecule has 122 valence electrons. The van der Waals surface area contributed by atoms with Crippen LogP contribution in [0.1, 0.15) is 13.3 Å². The van der Waals surface area contributed by atoms with E-state index in [0.29, 0.717) is 12.5 Å². The van der Waals surface area contributed by atoms with E-state index in [4.69, 9.17) is 4.74 Å². The first-order valence-corrected chi connectivity index (χ1v) is 9.25. The fourth-order valence-corrected chi connectivity index (χ4v) is 3.09. The Morgan fingerprint density at radius 2 is 1.95 bits per heavy atom. The Hall–Kier alpha value is -1.08. The maximum absolute atomic E-state index is 11.2. The van der Waals surface area contributed by atoms with Gasteiger partial charge in [0.1, 0.15) is 9.84 Å². The van der Waals surface area contributed by atoms with Crippen LogP contribution in [0, 0.1) is 0 Å². The molecule has 7 heteroatoms.